The Labute approximate surface area is 78.1 Å². The summed E-state index contributed by atoms with van der Waals surface area (Å²) in [4.78, 5) is 0. The number of rotatable bonds is 2. The van der Waals surface area contributed by atoms with E-state index in [9.17, 15) is 0 Å². The molecular weight excluding hydrogens is 188 g/mol. The van der Waals surface area contributed by atoms with Crippen molar-refractivity contribution < 1.29 is 0 Å². The summed E-state index contributed by atoms with van der Waals surface area (Å²) < 4.78 is 5.27. The van der Waals surface area contributed by atoms with Gasteiger partial charge in [0.1, 0.15) is 18.3 Å². The van der Waals surface area contributed by atoms with Crippen molar-refractivity contribution in [2.75, 3.05) is 0 Å². The van der Waals surface area contributed by atoms with Crippen molar-refractivity contribution in [2.45, 2.75) is 6.92 Å². The molecule has 0 aromatic carbocycles. The highest BCUT2D eigenvalue weighted by molar-refractivity contribution is 7.03. The first-order chi connectivity index (χ1) is 6.36. The third-order valence-corrected chi connectivity index (χ3v) is 1.91. The predicted molar refractivity (Wildman–Crippen MR) is 47.5 cm³/mol. The summed E-state index contributed by atoms with van der Waals surface area (Å²) >= 11 is 1.30. The van der Waals surface area contributed by atoms with Gasteiger partial charge in [-0.1, -0.05) is 4.49 Å². The van der Waals surface area contributed by atoms with E-state index in [1.54, 1.807) is 0 Å². The van der Waals surface area contributed by atoms with Gasteiger partial charge in [0.15, 0.2) is 0 Å². The molecule has 0 N–H and O–H groups in total. The smallest absolute Gasteiger partial charge is 0.141 e. The van der Waals surface area contributed by atoms with Gasteiger partial charge in [-0.2, -0.15) is 5.10 Å². The van der Waals surface area contributed by atoms with Crippen molar-refractivity contribution in [3.05, 3.63) is 23.7 Å². The third-order valence-electron chi connectivity index (χ3n) is 1.40. The van der Waals surface area contributed by atoms with E-state index in [-0.39, 0.29) is 0 Å². The molecule has 0 spiro atoms. The normalized spacial score (nSPS) is 11.9. The maximum Gasteiger partial charge on any atom is 0.141 e. The minimum Gasteiger partial charge on any atom is -0.207 e. The van der Waals surface area contributed by atoms with Crippen LogP contribution < -0.4 is 0 Å². The monoisotopic (exact) mass is 194 g/mol. The van der Waals surface area contributed by atoms with E-state index in [1.807, 2.05) is 12.3 Å². The summed E-state index contributed by atoms with van der Waals surface area (Å²) in [7, 11) is 0. The summed E-state index contributed by atoms with van der Waals surface area (Å²) in [6, 6.07) is 0. The van der Waals surface area contributed by atoms with Crippen LogP contribution in [0.15, 0.2) is 23.1 Å². The van der Waals surface area contributed by atoms with Gasteiger partial charge in [-0.15, -0.1) is 15.3 Å². The van der Waals surface area contributed by atoms with Gasteiger partial charge < -0.3 is 0 Å². The van der Waals surface area contributed by atoms with Crippen LogP contribution in [0.2, 0.25) is 0 Å². The summed E-state index contributed by atoms with van der Waals surface area (Å²) in [6.45, 7) is 1.86. The number of nitrogens with zero attached hydrogens (tertiary/aromatic N) is 6. The Morgan fingerprint density at radius 3 is 2.85 bits per heavy atom. The van der Waals surface area contributed by atoms with Crippen LogP contribution >= 0.6 is 11.5 Å². The van der Waals surface area contributed by atoms with Gasteiger partial charge in [0, 0.05) is 5.38 Å². The van der Waals surface area contributed by atoms with Crippen molar-refractivity contribution in [3.63, 3.8) is 0 Å². The van der Waals surface area contributed by atoms with E-state index in [0.717, 1.165) is 11.4 Å². The molecule has 7 heteroatoms. The lowest BCUT2D eigenvalue weighted by molar-refractivity contribution is 0.868. The molecule has 0 aliphatic rings. The van der Waals surface area contributed by atoms with Gasteiger partial charge in [-0.05, 0) is 18.5 Å². The zero-order valence-corrected chi connectivity index (χ0v) is 7.64. The molecule has 0 saturated carbocycles. The van der Waals surface area contributed by atoms with Crippen LogP contribution in [0.4, 0.5) is 0 Å². The van der Waals surface area contributed by atoms with Crippen molar-refractivity contribution in [2.24, 2.45) is 5.10 Å². The van der Waals surface area contributed by atoms with Crippen molar-refractivity contribution in [3.8, 4) is 0 Å². The molecule has 0 fully saturated rings. The average molecular weight is 194 g/mol. The predicted octanol–water partition coefficient (Wildman–Crippen LogP) is 0.402. The second-order valence-electron chi connectivity index (χ2n) is 2.32. The van der Waals surface area contributed by atoms with Crippen LogP contribution in [0.3, 0.4) is 0 Å². The Hall–Kier alpha value is -1.63. The molecule has 0 saturated heterocycles. The summed E-state index contributed by atoms with van der Waals surface area (Å²) in [5.41, 5.74) is 1.56. The lowest BCUT2D eigenvalue weighted by Crippen LogP contribution is -1.98. The van der Waals surface area contributed by atoms with Gasteiger partial charge >= 0.3 is 0 Å². The maximum absolute atomic E-state index is 4.17. The second-order valence-corrected chi connectivity index (χ2v) is 2.93. The highest BCUT2D eigenvalue weighted by Gasteiger charge is 2.00. The van der Waals surface area contributed by atoms with Crippen LogP contribution in [0.1, 0.15) is 12.6 Å². The number of hydrogen-bond acceptors (Lipinski definition) is 6. The first-order valence-corrected chi connectivity index (χ1v) is 4.37. The summed E-state index contributed by atoms with van der Waals surface area (Å²) in [6.07, 6.45) is 3.03. The Bertz CT molecular complexity index is 389. The SMILES string of the molecule is C/C(=N/n1cnnc1)c1csnn1. The van der Waals surface area contributed by atoms with Crippen molar-refractivity contribution in [1.29, 1.82) is 0 Å². The van der Waals surface area contributed by atoms with Gasteiger partial charge in [0.05, 0.1) is 5.71 Å². The fourth-order valence-electron chi connectivity index (χ4n) is 0.794. The van der Waals surface area contributed by atoms with Crippen molar-refractivity contribution >= 4 is 17.2 Å². The first-order valence-electron chi connectivity index (χ1n) is 3.54. The fourth-order valence-corrected chi connectivity index (χ4v) is 1.29. The molecule has 0 atom stereocenters. The van der Waals surface area contributed by atoms with E-state index in [1.165, 1.54) is 28.9 Å². The van der Waals surface area contributed by atoms with E-state index in [4.69, 9.17) is 0 Å². The van der Waals surface area contributed by atoms with Gasteiger partial charge in [0.2, 0.25) is 0 Å². The molecule has 0 aliphatic heterocycles. The third kappa shape index (κ3) is 1.75. The average Bonchev–Trinajstić information content (AvgIpc) is 2.74. The van der Waals surface area contributed by atoms with Crippen LogP contribution in [0.25, 0.3) is 0 Å². The summed E-state index contributed by atoms with van der Waals surface area (Å²) in [5, 5.41) is 17.1. The van der Waals surface area contributed by atoms with Crippen LogP contribution in [0, 0.1) is 0 Å². The highest BCUT2D eigenvalue weighted by Crippen LogP contribution is 1.99. The minimum atomic E-state index is 0.777. The number of hydrogen-bond donors (Lipinski definition) is 0. The largest absolute Gasteiger partial charge is 0.207 e. The Morgan fingerprint density at radius 2 is 2.23 bits per heavy atom. The van der Waals surface area contributed by atoms with Crippen LogP contribution in [-0.2, 0) is 0 Å². The standard InChI is InChI=1S/C6H6N6S/c1-5(6-2-13-11-9-6)10-12-3-7-8-4-12/h2-4H,1H3/b10-5-. The zero-order valence-electron chi connectivity index (χ0n) is 6.82. The second kappa shape index (κ2) is 3.40. The fraction of sp³-hybridized carbons (Fsp3) is 0.167. The van der Waals surface area contributed by atoms with E-state index in [2.05, 4.69) is 24.9 Å². The van der Waals surface area contributed by atoms with Crippen LogP contribution in [-0.4, -0.2) is 30.2 Å². The lowest BCUT2D eigenvalue weighted by Gasteiger charge is -1.93. The molecule has 2 aromatic rings. The quantitative estimate of drug-likeness (QED) is 0.649. The molecule has 0 aliphatic carbocycles. The maximum atomic E-state index is 4.17. The topological polar surface area (TPSA) is 68.8 Å². The molecule has 2 rings (SSSR count). The Morgan fingerprint density at radius 1 is 1.46 bits per heavy atom. The molecule has 2 heterocycles. The van der Waals surface area contributed by atoms with E-state index < -0.39 is 0 Å². The van der Waals surface area contributed by atoms with E-state index >= 15 is 0 Å². The van der Waals surface area contributed by atoms with Gasteiger partial charge in [0.25, 0.3) is 0 Å². The molecule has 0 bridgehead atoms. The van der Waals surface area contributed by atoms with E-state index in [0.29, 0.717) is 0 Å². The highest BCUT2D eigenvalue weighted by atomic mass is 32.1. The molecule has 0 radical (unpaired) electrons. The Balaban J connectivity index is 2.27. The molecular formula is C6H6N6S. The molecule has 13 heavy (non-hydrogen) atoms. The molecule has 6 nitrogen and oxygen atoms in total. The molecule has 0 unspecified atom stereocenters. The minimum absolute atomic E-state index is 0.777. The summed E-state index contributed by atoms with van der Waals surface area (Å²) in [5.74, 6) is 0. The van der Waals surface area contributed by atoms with Crippen LogP contribution in [0.5, 0.6) is 0 Å². The lowest BCUT2D eigenvalue weighted by atomic mass is 10.3. The first kappa shape index (κ1) is 7.99. The molecule has 66 valence electrons. The van der Waals surface area contributed by atoms with Gasteiger partial charge in [-0.3, -0.25) is 0 Å². The number of aromatic nitrogens is 5. The van der Waals surface area contributed by atoms with Crippen molar-refractivity contribution in [1.82, 2.24) is 24.5 Å². The Kier molecular flexibility index (Phi) is 2.09. The van der Waals surface area contributed by atoms with Gasteiger partial charge in [-0.25, -0.2) is 4.68 Å². The molecule has 2 aromatic heterocycles. The molecule has 0 amide bonds. The zero-order chi connectivity index (χ0) is 9.10.